The smallest absolute Gasteiger partial charge is 0.262 e. The van der Waals surface area contributed by atoms with Crippen molar-refractivity contribution >= 4 is 27.5 Å². The van der Waals surface area contributed by atoms with Crippen LogP contribution >= 0.6 is 0 Å². The molecule has 2 aromatic rings. The van der Waals surface area contributed by atoms with Crippen LogP contribution in [0.3, 0.4) is 0 Å². The van der Waals surface area contributed by atoms with Crippen molar-refractivity contribution < 1.29 is 27.5 Å². The topological polar surface area (TPSA) is 114 Å². The Morgan fingerprint density at radius 2 is 2.03 bits per heavy atom. The van der Waals surface area contributed by atoms with Gasteiger partial charge in [0.2, 0.25) is 15.9 Å². The number of ether oxygens (including phenoxy) is 2. The third-order valence-corrected chi connectivity index (χ3v) is 7.54. The Hall–Kier alpha value is -3.11. The van der Waals surface area contributed by atoms with E-state index in [1.54, 1.807) is 0 Å². The molecule has 0 saturated carbocycles. The number of carbonyl (C=O) groups is 2. The van der Waals surface area contributed by atoms with Crippen LogP contribution in [0.1, 0.15) is 25.3 Å². The largest absolute Gasteiger partial charge is 0.494 e. The highest BCUT2D eigenvalue weighted by Crippen LogP contribution is 2.32. The van der Waals surface area contributed by atoms with Crippen LogP contribution in [0.5, 0.6) is 11.5 Å². The van der Waals surface area contributed by atoms with Gasteiger partial charge in [-0.25, -0.2) is 8.42 Å². The van der Waals surface area contributed by atoms with E-state index in [1.807, 2.05) is 31.2 Å². The summed E-state index contributed by atoms with van der Waals surface area (Å²) in [5.41, 5.74) is 1.26. The van der Waals surface area contributed by atoms with Crippen LogP contribution in [0.15, 0.2) is 47.4 Å². The molecular formula is C23H27N3O6S. The van der Waals surface area contributed by atoms with E-state index in [2.05, 4.69) is 10.6 Å². The molecule has 4 rings (SSSR count). The van der Waals surface area contributed by atoms with Crippen LogP contribution in [0.2, 0.25) is 0 Å². The standard InChI is InChI=1S/C23H27N3O6S/c1-2-31-18-7-5-16(6-8-18)13-24-23(28)17-4-3-11-26(14-17)33(29,30)19-9-10-21-20(12-19)25-22(27)15-32-21/h5-10,12,17H,2-4,11,13-15H2,1H3,(H,24,28)(H,25,27)/t17-/m0/s1. The molecule has 0 spiro atoms. The Morgan fingerprint density at radius 1 is 1.24 bits per heavy atom. The lowest BCUT2D eigenvalue weighted by molar-refractivity contribution is -0.126. The zero-order valence-corrected chi connectivity index (χ0v) is 19.2. The molecule has 0 radical (unpaired) electrons. The van der Waals surface area contributed by atoms with Gasteiger partial charge in [0.15, 0.2) is 6.61 Å². The zero-order valence-electron chi connectivity index (χ0n) is 18.4. The molecule has 1 fully saturated rings. The maximum Gasteiger partial charge on any atom is 0.262 e. The van der Waals surface area contributed by atoms with Crippen LogP contribution in [0, 0.1) is 5.92 Å². The van der Waals surface area contributed by atoms with E-state index in [4.69, 9.17) is 9.47 Å². The maximum absolute atomic E-state index is 13.2. The van der Waals surface area contributed by atoms with E-state index in [0.29, 0.717) is 44.0 Å². The van der Waals surface area contributed by atoms with E-state index in [0.717, 1.165) is 11.3 Å². The quantitative estimate of drug-likeness (QED) is 0.637. The number of fused-ring (bicyclic) bond motifs is 1. The highest BCUT2D eigenvalue weighted by molar-refractivity contribution is 7.89. The van der Waals surface area contributed by atoms with Gasteiger partial charge < -0.3 is 20.1 Å². The van der Waals surface area contributed by atoms with Gasteiger partial charge in [-0.2, -0.15) is 4.31 Å². The van der Waals surface area contributed by atoms with Crippen molar-refractivity contribution in [3.8, 4) is 11.5 Å². The monoisotopic (exact) mass is 473 g/mol. The fraction of sp³-hybridized carbons (Fsp3) is 0.391. The molecule has 1 atom stereocenters. The van der Waals surface area contributed by atoms with Crippen LogP contribution in [0.25, 0.3) is 0 Å². The average Bonchev–Trinajstić information content (AvgIpc) is 2.83. The van der Waals surface area contributed by atoms with Gasteiger partial charge in [-0.1, -0.05) is 12.1 Å². The number of anilines is 1. The minimum atomic E-state index is -3.82. The number of hydrogen-bond donors (Lipinski definition) is 2. The number of benzene rings is 2. The summed E-state index contributed by atoms with van der Waals surface area (Å²) in [7, 11) is -3.82. The fourth-order valence-electron chi connectivity index (χ4n) is 3.95. The van der Waals surface area contributed by atoms with Gasteiger partial charge in [0, 0.05) is 19.6 Å². The number of rotatable bonds is 7. The molecule has 2 amide bonds. The molecule has 0 unspecified atom stereocenters. The lowest BCUT2D eigenvalue weighted by atomic mass is 9.99. The number of piperidine rings is 1. The molecule has 0 bridgehead atoms. The SMILES string of the molecule is CCOc1ccc(CNC(=O)[C@H]2CCCN(S(=O)(=O)c3ccc4c(c3)NC(=O)CO4)C2)cc1. The number of nitrogens with zero attached hydrogens (tertiary/aromatic N) is 1. The number of amides is 2. The van der Waals surface area contributed by atoms with E-state index in [9.17, 15) is 18.0 Å². The summed E-state index contributed by atoms with van der Waals surface area (Å²) < 4.78 is 38.5. The summed E-state index contributed by atoms with van der Waals surface area (Å²) in [6.07, 6.45) is 1.21. The lowest BCUT2D eigenvalue weighted by Gasteiger charge is -2.31. The third kappa shape index (κ3) is 5.28. The number of nitrogens with one attached hydrogen (secondary N) is 2. The van der Waals surface area contributed by atoms with Gasteiger partial charge >= 0.3 is 0 Å². The first-order valence-electron chi connectivity index (χ1n) is 10.9. The second kappa shape index (κ2) is 9.80. The molecule has 2 aliphatic rings. The Labute approximate surface area is 193 Å². The van der Waals surface area contributed by atoms with Crippen LogP contribution in [0.4, 0.5) is 5.69 Å². The first-order valence-corrected chi connectivity index (χ1v) is 12.4. The number of carbonyl (C=O) groups excluding carboxylic acids is 2. The Balaban J connectivity index is 1.39. The minimum Gasteiger partial charge on any atom is -0.494 e. The van der Waals surface area contributed by atoms with Gasteiger partial charge in [-0.15, -0.1) is 0 Å². The predicted molar refractivity (Wildman–Crippen MR) is 122 cm³/mol. The second-order valence-electron chi connectivity index (χ2n) is 7.99. The highest BCUT2D eigenvalue weighted by atomic mass is 32.2. The van der Waals surface area contributed by atoms with Gasteiger partial charge in [-0.05, 0) is 55.7 Å². The molecule has 0 aliphatic carbocycles. The molecule has 33 heavy (non-hydrogen) atoms. The van der Waals surface area contributed by atoms with Crippen LogP contribution in [-0.4, -0.2) is 50.8 Å². The van der Waals surface area contributed by atoms with E-state index in [1.165, 1.54) is 22.5 Å². The molecule has 1 saturated heterocycles. The second-order valence-corrected chi connectivity index (χ2v) is 9.93. The van der Waals surface area contributed by atoms with Crippen molar-refractivity contribution in [2.24, 2.45) is 5.92 Å². The minimum absolute atomic E-state index is 0.0579. The van der Waals surface area contributed by atoms with Crippen molar-refractivity contribution in [2.45, 2.75) is 31.2 Å². The predicted octanol–water partition coefficient (Wildman–Crippen LogP) is 2.13. The van der Waals surface area contributed by atoms with Gasteiger partial charge in [0.1, 0.15) is 11.5 Å². The molecule has 10 heteroatoms. The average molecular weight is 474 g/mol. The summed E-state index contributed by atoms with van der Waals surface area (Å²) in [6, 6.07) is 11.9. The summed E-state index contributed by atoms with van der Waals surface area (Å²) in [4.78, 5) is 24.4. The van der Waals surface area contributed by atoms with E-state index in [-0.39, 0.29) is 29.9 Å². The van der Waals surface area contributed by atoms with Gasteiger partial charge in [-0.3, -0.25) is 9.59 Å². The lowest BCUT2D eigenvalue weighted by Crippen LogP contribution is -2.45. The maximum atomic E-state index is 13.2. The van der Waals surface area contributed by atoms with E-state index < -0.39 is 15.9 Å². The first kappa shape index (κ1) is 23.1. The molecule has 9 nitrogen and oxygen atoms in total. The molecule has 2 aliphatic heterocycles. The molecule has 0 aromatic heterocycles. The van der Waals surface area contributed by atoms with Crippen molar-refractivity contribution in [2.75, 3.05) is 31.6 Å². The van der Waals surface area contributed by atoms with Crippen LogP contribution in [-0.2, 0) is 26.2 Å². The summed E-state index contributed by atoms with van der Waals surface area (Å²) in [5, 5.41) is 5.54. The first-order chi connectivity index (χ1) is 15.9. The molecular weight excluding hydrogens is 446 g/mol. The molecule has 2 N–H and O–H groups in total. The molecule has 176 valence electrons. The van der Waals surface area contributed by atoms with Crippen molar-refractivity contribution in [3.05, 3.63) is 48.0 Å². The zero-order chi connectivity index (χ0) is 23.4. The normalized spacial score (nSPS) is 18.6. The molecule has 2 heterocycles. The third-order valence-electron chi connectivity index (χ3n) is 5.68. The van der Waals surface area contributed by atoms with Gasteiger partial charge in [0.05, 0.1) is 23.1 Å². The summed E-state index contributed by atoms with van der Waals surface area (Å²) in [6.45, 7) is 3.21. The van der Waals surface area contributed by atoms with Gasteiger partial charge in [0.25, 0.3) is 5.91 Å². The fourth-order valence-corrected chi connectivity index (χ4v) is 5.50. The molecule has 2 aromatic carbocycles. The van der Waals surface area contributed by atoms with E-state index >= 15 is 0 Å². The van der Waals surface area contributed by atoms with Crippen molar-refractivity contribution in [1.82, 2.24) is 9.62 Å². The summed E-state index contributed by atoms with van der Waals surface area (Å²) in [5.74, 6) is 0.263. The highest BCUT2D eigenvalue weighted by Gasteiger charge is 2.34. The number of sulfonamides is 1. The van der Waals surface area contributed by atoms with Crippen molar-refractivity contribution in [1.29, 1.82) is 0 Å². The Bertz CT molecular complexity index is 1130. The Morgan fingerprint density at radius 3 is 2.79 bits per heavy atom. The number of hydrogen-bond acceptors (Lipinski definition) is 6. The Kier molecular flexibility index (Phi) is 6.85. The summed E-state index contributed by atoms with van der Waals surface area (Å²) >= 11 is 0. The van der Waals surface area contributed by atoms with Crippen LogP contribution < -0.4 is 20.1 Å². The van der Waals surface area contributed by atoms with Crippen molar-refractivity contribution in [3.63, 3.8) is 0 Å².